The van der Waals surface area contributed by atoms with E-state index in [0.717, 1.165) is 12.8 Å². The highest BCUT2D eigenvalue weighted by Gasteiger charge is 2.02. The molecule has 0 aromatic heterocycles. The number of ether oxygens (including phenoxy) is 1. The third kappa shape index (κ3) is 7.29. The van der Waals surface area contributed by atoms with Crippen LogP contribution in [-0.2, 0) is 14.3 Å². The van der Waals surface area contributed by atoms with E-state index in [2.05, 4.69) is 0 Å². The number of carbonyl (C=O) groups excluding carboxylic acids is 2. The predicted molar refractivity (Wildman–Crippen MR) is 50.3 cm³/mol. The minimum atomic E-state index is -0.388. The maximum Gasteiger partial charge on any atom is 0.305 e. The highest BCUT2D eigenvalue weighted by molar-refractivity contribution is 5.93. The molecule has 0 atom stereocenters. The average molecular weight is 197 g/mol. The molecule has 0 unspecified atom stereocenters. The number of rotatable bonds is 7. The molecule has 0 saturated carbocycles. The van der Waals surface area contributed by atoms with Crippen LogP contribution in [0.15, 0.2) is 0 Å². The van der Waals surface area contributed by atoms with Gasteiger partial charge in [-0.05, 0) is 19.8 Å². The highest BCUT2D eigenvalue weighted by Crippen LogP contribution is 2.04. The van der Waals surface area contributed by atoms with Crippen LogP contribution in [0.25, 0.3) is 0 Å². The van der Waals surface area contributed by atoms with Crippen LogP contribution < -0.4 is 0 Å². The van der Waals surface area contributed by atoms with Crippen molar-refractivity contribution in [1.29, 1.82) is 5.26 Å². The van der Waals surface area contributed by atoms with Crippen molar-refractivity contribution < 1.29 is 14.3 Å². The van der Waals surface area contributed by atoms with E-state index in [9.17, 15) is 9.59 Å². The van der Waals surface area contributed by atoms with E-state index in [1.54, 1.807) is 13.0 Å². The van der Waals surface area contributed by atoms with Crippen LogP contribution in [0, 0.1) is 11.3 Å². The topological polar surface area (TPSA) is 67.2 Å². The van der Waals surface area contributed by atoms with E-state index in [-0.39, 0.29) is 11.8 Å². The second kappa shape index (κ2) is 8.24. The van der Waals surface area contributed by atoms with Gasteiger partial charge in [0.1, 0.15) is 6.07 Å². The van der Waals surface area contributed by atoms with E-state index in [1.807, 2.05) is 0 Å². The number of Topliss-reactive ketones (excluding diaryl/α,β-unsaturated/α-hetero) is 1. The summed E-state index contributed by atoms with van der Waals surface area (Å²) >= 11 is 0. The molecule has 4 heteroatoms. The van der Waals surface area contributed by atoms with Crippen molar-refractivity contribution in [2.75, 3.05) is 6.61 Å². The zero-order chi connectivity index (χ0) is 10.8. The Kier molecular flexibility index (Phi) is 7.43. The smallest absolute Gasteiger partial charge is 0.305 e. The molecule has 0 aliphatic rings. The number of unbranched alkanes of at least 4 members (excludes halogenated alkanes) is 2. The first-order valence-corrected chi connectivity index (χ1v) is 4.79. The first-order chi connectivity index (χ1) is 6.70. The quantitative estimate of drug-likeness (QED) is 0.353. The molecule has 0 fully saturated rings. The van der Waals surface area contributed by atoms with Gasteiger partial charge in [0.05, 0.1) is 6.61 Å². The average Bonchev–Trinajstić information content (AvgIpc) is 2.17. The molecule has 0 aromatic rings. The third-order valence-electron chi connectivity index (χ3n) is 1.71. The molecule has 0 aliphatic heterocycles. The number of ketones is 1. The molecule has 0 amide bonds. The fourth-order valence-electron chi connectivity index (χ4n) is 1.02. The summed E-state index contributed by atoms with van der Waals surface area (Å²) in [5.74, 6) is -0.583. The van der Waals surface area contributed by atoms with Gasteiger partial charge in [-0.3, -0.25) is 9.59 Å². The van der Waals surface area contributed by atoms with Gasteiger partial charge in [0.25, 0.3) is 0 Å². The lowest BCUT2D eigenvalue weighted by atomic mass is 10.1. The van der Waals surface area contributed by atoms with E-state index < -0.39 is 0 Å². The molecule has 78 valence electrons. The van der Waals surface area contributed by atoms with Crippen molar-refractivity contribution in [3.05, 3.63) is 0 Å². The molecule has 0 bridgehead atoms. The van der Waals surface area contributed by atoms with Crippen molar-refractivity contribution in [3.63, 3.8) is 0 Å². The Bertz CT molecular complexity index is 230. The van der Waals surface area contributed by atoms with E-state index >= 15 is 0 Å². The van der Waals surface area contributed by atoms with Crippen LogP contribution >= 0.6 is 0 Å². The van der Waals surface area contributed by atoms with E-state index in [4.69, 9.17) is 10.00 Å². The number of hydrogen-bond acceptors (Lipinski definition) is 4. The third-order valence-corrected chi connectivity index (χ3v) is 1.71. The summed E-state index contributed by atoms with van der Waals surface area (Å²) < 4.78 is 4.73. The second-order valence-corrected chi connectivity index (χ2v) is 2.90. The lowest BCUT2D eigenvalue weighted by Crippen LogP contribution is -2.03. The Balaban J connectivity index is 3.26. The summed E-state index contributed by atoms with van der Waals surface area (Å²) in [5, 5.41) is 8.18. The molecule has 0 rings (SSSR count). The van der Waals surface area contributed by atoms with Gasteiger partial charge >= 0.3 is 5.97 Å². The van der Waals surface area contributed by atoms with Gasteiger partial charge in [-0.15, -0.1) is 0 Å². The summed E-state index contributed by atoms with van der Waals surface area (Å²) in [6, 6.07) is 1.55. The standard InChI is InChI=1S/C10H15NO3/c1-2-14-10(13)7-5-3-4-6-9(12)8-11/h2-7H2,1H3. The number of esters is 1. The second-order valence-electron chi connectivity index (χ2n) is 2.90. The summed E-state index contributed by atoms with van der Waals surface area (Å²) in [7, 11) is 0. The number of nitrogens with zero attached hydrogens (tertiary/aromatic N) is 1. The van der Waals surface area contributed by atoms with E-state index in [1.165, 1.54) is 0 Å². The lowest BCUT2D eigenvalue weighted by molar-refractivity contribution is -0.143. The monoisotopic (exact) mass is 197 g/mol. The lowest BCUT2D eigenvalue weighted by Gasteiger charge is -2.00. The summed E-state index contributed by atoms with van der Waals surface area (Å²) in [5.41, 5.74) is 0. The number of nitriles is 1. The van der Waals surface area contributed by atoms with Crippen LogP contribution in [0.2, 0.25) is 0 Å². The van der Waals surface area contributed by atoms with Crippen LogP contribution in [0.3, 0.4) is 0 Å². The molecule has 4 nitrogen and oxygen atoms in total. The minimum absolute atomic E-state index is 0.195. The molecule has 14 heavy (non-hydrogen) atoms. The van der Waals surface area contributed by atoms with Crippen molar-refractivity contribution in [2.24, 2.45) is 0 Å². The fourth-order valence-corrected chi connectivity index (χ4v) is 1.02. The molecule has 0 radical (unpaired) electrons. The van der Waals surface area contributed by atoms with Crippen molar-refractivity contribution in [3.8, 4) is 6.07 Å². The van der Waals surface area contributed by atoms with Gasteiger partial charge in [-0.2, -0.15) is 5.26 Å². The van der Waals surface area contributed by atoms with Gasteiger partial charge in [0.15, 0.2) is 0 Å². The van der Waals surface area contributed by atoms with Crippen LogP contribution in [-0.4, -0.2) is 18.4 Å². The summed E-state index contributed by atoms with van der Waals surface area (Å²) in [6.45, 7) is 2.18. The van der Waals surface area contributed by atoms with Gasteiger partial charge in [-0.25, -0.2) is 0 Å². The number of hydrogen-bond donors (Lipinski definition) is 0. The molecular formula is C10H15NO3. The highest BCUT2D eigenvalue weighted by atomic mass is 16.5. The zero-order valence-corrected chi connectivity index (χ0v) is 8.41. The molecular weight excluding hydrogens is 182 g/mol. The molecule has 0 N–H and O–H groups in total. The number of carbonyl (C=O) groups is 2. The van der Waals surface area contributed by atoms with Crippen molar-refractivity contribution in [2.45, 2.75) is 39.0 Å². The maximum atomic E-state index is 10.9. The van der Waals surface area contributed by atoms with Crippen LogP contribution in [0.1, 0.15) is 39.0 Å². The molecule has 0 aromatic carbocycles. The predicted octanol–water partition coefficient (Wildman–Crippen LogP) is 1.59. The van der Waals surface area contributed by atoms with Gasteiger partial charge in [0, 0.05) is 12.8 Å². The first-order valence-electron chi connectivity index (χ1n) is 4.79. The molecule has 0 heterocycles. The Morgan fingerprint density at radius 1 is 1.21 bits per heavy atom. The van der Waals surface area contributed by atoms with Gasteiger partial charge in [0.2, 0.25) is 5.78 Å². The van der Waals surface area contributed by atoms with Crippen molar-refractivity contribution >= 4 is 11.8 Å². The minimum Gasteiger partial charge on any atom is -0.466 e. The van der Waals surface area contributed by atoms with Crippen molar-refractivity contribution in [1.82, 2.24) is 0 Å². The van der Waals surface area contributed by atoms with Gasteiger partial charge < -0.3 is 4.74 Å². The molecule has 0 saturated heterocycles. The Hall–Kier alpha value is -1.37. The SMILES string of the molecule is CCOC(=O)CCCCCC(=O)C#N. The largest absolute Gasteiger partial charge is 0.466 e. The summed E-state index contributed by atoms with van der Waals surface area (Å²) in [6.07, 6.45) is 2.86. The zero-order valence-electron chi connectivity index (χ0n) is 8.41. The Labute approximate surface area is 83.9 Å². The van der Waals surface area contributed by atoms with Gasteiger partial charge in [-0.1, -0.05) is 6.42 Å². The molecule has 0 spiro atoms. The van der Waals surface area contributed by atoms with Crippen LogP contribution in [0.5, 0.6) is 0 Å². The Morgan fingerprint density at radius 2 is 1.86 bits per heavy atom. The van der Waals surface area contributed by atoms with E-state index in [0.29, 0.717) is 25.9 Å². The molecule has 0 aliphatic carbocycles. The maximum absolute atomic E-state index is 10.9. The Morgan fingerprint density at radius 3 is 2.43 bits per heavy atom. The summed E-state index contributed by atoms with van der Waals surface area (Å²) in [4.78, 5) is 21.4. The first kappa shape index (κ1) is 12.6. The van der Waals surface area contributed by atoms with Crippen LogP contribution in [0.4, 0.5) is 0 Å². The fraction of sp³-hybridized carbons (Fsp3) is 0.700. The normalized spacial score (nSPS) is 9.14.